The summed E-state index contributed by atoms with van der Waals surface area (Å²) in [6.45, 7) is 9.47. The molecular formula is C16H23FN2O. The van der Waals surface area contributed by atoms with Gasteiger partial charge in [0, 0.05) is 37.8 Å². The van der Waals surface area contributed by atoms with Crippen molar-refractivity contribution in [3.63, 3.8) is 0 Å². The molecule has 1 atom stereocenters. The van der Waals surface area contributed by atoms with E-state index < -0.39 is 0 Å². The molecule has 4 heteroatoms. The molecule has 1 aromatic rings. The summed E-state index contributed by atoms with van der Waals surface area (Å²) in [5, 5.41) is 0. The van der Waals surface area contributed by atoms with Crippen LogP contribution in [0.15, 0.2) is 18.2 Å². The third-order valence-electron chi connectivity index (χ3n) is 4.22. The number of hydrogen-bond acceptors (Lipinski definition) is 3. The first kappa shape index (κ1) is 15.0. The molecule has 3 nitrogen and oxygen atoms in total. The molecule has 0 bridgehead atoms. The number of carbonyl (C=O) groups is 1. The van der Waals surface area contributed by atoms with Crippen molar-refractivity contribution in [2.24, 2.45) is 0 Å². The lowest BCUT2D eigenvalue weighted by Crippen LogP contribution is -2.49. The molecule has 0 spiro atoms. The predicted molar refractivity (Wildman–Crippen MR) is 79.9 cm³/mol. The van der Waals surface area contributed by atoms with Crippen LogP contribution in [-0.2, 0) is 0 Å². The van der Waals surface area contributed by atoms with Gasteiger partial charge < -0.3 is 4.90 Å². The van der Waals surface area contributed by atoms with E-state index in [1.807, 2.05) is 0 Å². The highest BCUT2D eigenvalue weighted by Crippen LogP contribution is 2.23. The standard InChI is InChI=1S/C16H23FN2O/c1-4-12(2)18-7-9-19(10-8-18)16-6-5-14(13(3)20)11-15(16)17/h5-6,11-12H,4,7-10H2,1-3H3. The summed E-state index contributed by atoms with van der Waals surface area (Å²) in [7, 11) is 0. The minimum Gasteiger partial charge on any atom is -0.367 e. The van der Waals surface area contributed by atoms with Gasteiger partial charge in [-0.2, -0.15) is 0 Å². The van der Waals surface area contributed by atoms with Gasteiger partial charge >= 0.3 is 0 Å². The molecule has 1 aliphatic rings. The second kappa shape index (κ2) is 6.35. The molecule has 1 unspecified atom stereocenters. The molecule has 110 valence electrons. The molecule has 1 fully saturated rings. The summed E-state index contributed by atoms with van der Waals surface area (Å²) in [4.78, 5) is 15.8. The van der Waals surface area contributed by atoms with Crippen LogP contribution in [-0.4, -0.2) is 42.9 Å². The van der Waals surface area contributed by atoms with Gasteiger partial charge in [0.25, 0.3) is 0 Å². The number of nitrogens with zero attached hydrogens (tertiary/aromatic N) is 2. The zero-order chi connectivity index (χ0) is 14.7. The van der Waals surface area contributed by atoms with Gasteiger partial charge in [0.15, 0.2) is 5.78 Å². The maximum absolute atomic E-state index is 14.1. The summed E-state index contributed by atoms with van der Waals surface area (Å²) in [6, 6.07) is 5.37. The first-order valence-electron chi connectivity index (χ1n) is 7.32. The third-order valence-corrected chi connectivity index (χ3v) is 4.22. The summed E-state index contributed by atoms with van der Waals surface area (Å²) in [5.74, 6) is -0.397. The molecule has 0 amide bonds. The lowest BCUT2D eigenvalue weighted by molar-refractivity contribution is 0.101. The number of hydrogen-bond donors (Lipinski definition) is 0. The molecule has 0 saturated carbocycles. The smallest absolute Gasteiger partial charge is 0.159 e. The maximum Gasteiger partial charge on any atom is 0.159 e. The minimum absolute atomic E-state index is 0.1000. The Hall–Kier alpha value is -1.42. The Labute approximate surface area is 120 Å². The normalized spacial score (nSPS) is 18.1. The second-order valence-corrected chi connectivity index (χ2v) is 5.50. The highest BCUT2D eigenvalue weighted by molar-refractivity contribution is 5.94. The zero-order valence-corrected chi connectivity index (χ0v) is 12.5. The zero-order valence-electron chi connectivity index (χ0n) is 12.5. The van der Waals surface area contributed by atoms with Gasteiger partial charge in [0.1, 0.15) is 5.82 Å². The summed E-state index contributed by atoms with van der Waals surface area (Å²) < 4.78 is 14.1. The van der Waals surface area contributed by atoms with Gasteiger partial charge in [0.2, 0.25) is 0 Å². The molecule has 0 N–H and O–H groups in total. The van der Waals surface area contributed by atoms with Crippen LogP contribution in [0.2, 0.25) is 0 Å². The van der Waals surface area contributed by atoms with Gasteiger partial charge in [-0.05, 0) is 38.5 Å². The molecule has 2 rings (SSSR count). The Balaban J connectivity index is 2.05. The highest BCUT2D eigenvalue weighted by Gasteiger charge is 2.22. The van der Waals surface area contributed by atoms with E-state index in [0.717, 1.165) is 32.6 Å². The van der Waals surface area contributed by atoms with E-state index in [-0.39, 0.29) is 11.6 Å². The van der Waals surface area contributed by atoms with Gasteiger partial charge in [0.05, 0.1) is 5.69 Å². The molecule has 0 radical (unpaired) electrons. The topological polar surface area (TPSA) is 23.6 Å². The summed E-state index contributed by atoms with van der Waals surface area (Å²) >= 11 is 0. The number of rotatable bonds is 4. The maximum atomic E-state index is 14.1. The van der Waals surface area contributed by atoms with Crippen LogP contribution in [0.5, 0.6) is 0 Å². The molecule has 1 aliphatic heterocycles. The van der Waals surface area contributed by atoms with Crippen molar-refractivity contribution in [1.82, 2.24) is 4.90 Å². The van der Waals surface area contributed by atoms with Gasteiger partial charge in [-0.1, -0.05) is 6.92 Å². The highest BCUT2D eigenvalue weighted by atomic mass is 19.1. The van der Waals surface area contributed by atoms with Crippen LogP contribution in [0.1, 0.15) is 37.6 Å². The van der Waals surface area contributed by atoms with Crippen LogP contribution >= 0.6 is 0 Å². The van der Waals surface area contributed by atoms with Crippen molar-refractivity contribution in [2.75, 3.05) is 31.1 Å². The second-order valence-electron chi connectivity index (χ2n) is 5.50. The SMILES string of the molecule is CCC(C)N1CCN(c2ccc(C(C)=O)cc2F)CC1. The van der Waals surface area contributed by atoms with Crippen molar-refractivity contribution < 1.29 is 9.18 Å². The fraction of sp³-hybridized carbons (Fsp3) is 0.562. The molecule has 1 heterocycles. The minimum atomic E-state index is -0.297. The first-order chi connectivity index (χ1) is 9.52. The average Bonchev–Trinajstić information content (AvgIpc) is 2.46. The van der Waals surface area contributed by atoms with Gasteiger partial charge in [-0.15, -0.1) is 0 Å². The number of Topliss-reactive ketones (excluding diaryl/α,β-unsaturated/α-hetero) is 1. The molecule has 1 saturated heterocycles. The Morgan fingerprint density at radius 3 is 2.45 bits per heavy atom. The largest absolute Gasteiger partial charge is 0.367 e. The summed E-state index contributed by atoms with van der Waals surface area (Å²) in [5.41, 5.74) is 1.04. The molecular weight excluding hydrogens is 255 g/mol. The van der Waals surface area contributed by atoms with Crippen molar-refractivity contribution >= 4 is 11.5 Å². The van der Waals surface area contributed by atoms with E-state index >= 15 is 0 Å². The Morgan fingerprint density at radius 2 is 1.95 bits per heavy atom. The third kappa shape index (κ3) is 3.18. The average molecular weight is 278 g/mol. The number of benzene rings is 1. The van der Waals surface area contributed by atoms with Crippen molar-refractivity contribution in [1.29, 1.82) is 0 Å². The number of ketones is 1. The van der Waals surface area contributed by atoms with Gasteiger partial charge in [-0.3, -0.25) is 9.69 Å². The Bertz CT molecular complexity index is 481. The van der Waals surface area contributed by atoms with E-state index in [9.17, 15) is 9.18 Å². The molecule has 0 aliphatic carbocycles. The van der Waals surface area contributed by atoms with E-state index in [4.69, 9.17) is 0 Å². The van der Waals surface area contributed by atoms with Crippen LogP contribution in [0.4, 0.5) is 10.1 Å². The van der Waals surface area contributed by atoms with E-state index in [1.165, 1.54) is 13.0 Å². The van der Waals surface area contributed by atoms with E-state index in [1.54, 1.807) is 12.1 Å². The van der Waals surface area contributed by atoms with Crippen LogP contribution in [0.3, 0.4) is 0 Å². The van der Waals surface area contributed by atoms with E-state index in [0.29, 0.717) is 17.3 Å². The Morgan fingerprint density at radius 1 is 1.30 bits per heavy atom. The summed E-state index contributed by atoms with van der Waals surface area (Å²) in [6.07, 6.45) is 1.14. The lowest BCUT2D eigenvalue weighted by Gasteiger charge is -2.39. The first-order valence-corrected chi connectivity index (χ1v) is 7.32. The molecule has 0 aromatic heterocycles. The van der Waals surface area contributed by atoms with Crippen molar-refractivity contribution in [2.45, 2.75) is 33.2 Å². The predicted octanol–water partition coefficient (Wildman–Crippen LogP) is 2.95. The van der Waals surface area contributed by atoms with Gasteiger partial charge in [-0.25, -0.2) is 4.39 Å². The van der Waals surface area contributed by atoms with Crippen LogP contribution < -0.4 is 4.90 Å². The van der Waals surface area contributed by atoms with Crippen LogP contribution in [0, 0.1) is 5.82 Å². The quantitative estimate of drug-likeness (QED) is 0.791. The van der Waals surface area contributed by atoms with E-state index in [2.05, 4.69) is 23.6 Å². The monoisotopic (exact) mass is 278 g/mol. The van der Waals surface area contributed by atoms with Crippen molar-refractivity contribution in [3.05, 3.63) is 29.6 Å². The van der Waals surface area contributed by atoms with Crippen molar-refractivity contribution in [3.8, 4) is 0 Å². The Kier molecular flexibility index (Phi) is 4.76. The number of piperazine rings is 1. The number of carbonyl (C=O) groups excluding carboxylic acids is 1. The fourth-order valence-electron chi connectivity index (χ4n) is 2.64. The van der Waals surface area contributed by atoms with Crippen LogP contribution in [0.25, 0.3) is 0 Å². The molecule has 20 heavy (non-hydrogen) atoms. The fourth-order valence-corrected chi connectivity index (χ4v) is 2.64. The lowest BCUT2D eigenvalue weighted by atomic mass is 10.1. The number of anilines is 1. The number of halogens is 1. The molecule has 1 aromatic carbocycles.